The third-order valence-corrected chi connectivity index (χ3v) is 7.51. The molecule has 12 heteroatoms. The minimum absolute atomic E-state index is 0.173. The third kappa shape index (κ3) is 7.34. The topological polar surface area (TPSA) is 148 Å². The summed E-state index contributed by atoms with van der Waals surface area (Å²) in [4.78, 5) is 26.1. The van der Waals surface area contributed by atoms with Gasteiger partial charge in [-0.05, 0) is 54.1 Å². The summed E-state index contributed by atoms with van der Waals surface area (Å²) < 4.78 is 13.3. The molecular formula is C36H36N8O4. The van der Waals surface area contributed by atoms with Crippen molar-refractivity contribution in [2.75, 3.05) is 23.1 Å². The Morgan fingerprint density at radius 2 is 1.67 bits per heavy atom. The number of fused-ring (bicyclic) bond motifs is 1. The third-order valence-electron chi connectivity index (χ3n) is 7.51. The van der Waals surface area contributed by atoms with Gasteiger partial charge in [-0.3, -0.25) is 10.3 Å². The van der Waals surface area contributed by atoms with E-state index in [0.717, 1.165) is 33.5 Å². The Labute approximate surface area is 277 Å². The fourth-order valence-electron chi connectivity index (χ4n) is 4.96. The number of hydrogen-bond acceptors (Lipinski definition) is 9. The number of amides is 2. The SMILES string of the molecule is COc1ccc(-n2nc(C(C)(C)C)cc2NC(=O)Nc2ccc(OCc3ccnc(Nc4cnc(CO)cn4)c3)c3ccccc23)cc1. The van der Waals surface area contributed by atoms with Crippen LogP contribution in [0, 0.1) is 0 Å². The van der Waals surface area contributed by atoms with Gasteiger partial charge in [-0.2, -0.15) is 5.10 Å². The van der Waals surface area contributed by atoms with Crippen molar-refractivity contribution in [2.24, 2.45) is 0 Å². The largest absolute Gasteiger partial charge is 0.497 e. The second-order valence-corrected chi connectivity index (χ2v) is 12.0. The number of methoxy groups -OCH3 is 1. The molecule has 0 fully saturated rings. The van der Waals surface area contributed by atoms with Crippen LogP contribution in [0.25, 0.3) is 16.5 Å². The van der Waals surface area contributed by atoms with E-state index in [1.807, 2.05) is 78.9 Å². The number of ether oxygens (including phenoxy) is 2. The molecule has 0 aliphatic rings. The van der Waals surface area contributed by atoms with E-state index in [2.05, 4.69) is 51.7 Å². The summed E-state index contributed by atoms with van der Waals surface area (Å²) in [5.74, 6) is 3.03. The lowest BCUT2D eigenvalue weighted by atomic mass is 9.92. The number of aliphatic hydroxyl groups is 1. The maximum Gasteiger partial charge on any atom is 0.324 e. The molecule has 0 aliphatic heterocycles. The quantitative estimate of drug-likeness (QED) is 0.124. The van der Waals surface area contributed by atoms with Gasteiger partial charge in [0.2, 0.25) is 0 Å². The normalized spacial score (nSPS) is 11.3. The smallest absolute Gasteiger partial charge is 0.324 e. The molecule has 0 radical (unpaired) electrons. The van der Waals surface area contributed by atoms with Crippen molar-refractivity contribution in [1.82, 2.24) is 24.7 Å². The Bertz CT molecular complexity index is 2040. The lowest BCUT2D eigenvalue weighted by molar-refractivity contribution is 0.262. The van der Waals surface area contributed by atoms with Gasteiger partial charge in [0.05, 0.1) is 48.9 Å². The number of nitrogens with zero attached hydrogens (tertiary/aromatic N) is 5. The van der Waals surface area contributed by atoms with Crippen LogP contribution in [0.4, 0.5) is 27.9 Å². The summed E-state index contributed by atoms with van der Waals surface area (Å²) in [5.41, 5.74) is 3.40. The van der Waals surface area contributed by atoms with Crippen LogP contribution < -0.4 is 25.4 Å². The number of nitrogens with one attached hydrogen (secondary N) is 3. The van der Waals surface area contributed by atoms with E-state index in [1.165, 1.54) is 12.4 Å². The number of carbonyl (C=O) groups is 1. The molecule has 3 heterocycles. The van der Waals surface area contributed by atoms with Crippen molar-refractivity contribution in [1.29, 1.82) is 0 Å². The molecule has 0 spiro atoms. The van der Waals surface area contributed by atoms with E-state index in [4.69, 9.17) is 14.6 Å². The van der Waals surface area contributed by atoms with Crippen molar-refractivity contribution >= 4 is 39.9 Å². The number of pyridine rings is 1. The molecule has 0 aliphatic carbocycles. The summed E-state index contributed by atoms with van der Waals surface area (Å²) in [5, 5.41) is 24.8. The van der Waals surface area contributed by atoms with E-state index < -0.39 is 6.03 Å². The predicted octanol–water partition coefficient (Wildman–Crippen LogP) is 6.98. The van der Waals surface area contributed by atoms with Crippen LogP contribution in [0.2, 0.25) is 0 Å². The number of benzene rings is 3. The van der Waals surface area contributed by atoms with E-state index in [9.17, 15) is 9.90 Å². The molecule has 0 unspecified atom stereocenters. The van der Waals surface area contributed by atoms with Gasteiger partial charge in [-0.1, -0.05) is 45.0 Å². The van der Waals surface area contributed by atoms with Crippen molar-refractivity contribution < 1.29 is 19.4 Å². The van der Waals surface area contributed by atoms with Crippen LogP contribution in [0.5, 0.6) is 11.5 Å². The van der Waals surface area contributed by atoms with E-state index in [-0.39, 0.29) is 18.6 Å². The second-order valence-electron chi connectivity index (χ2n) is 12.0. The van der Waals surface area contributed by atoms with Gasteiger partial charge in [0.25, 0.3) is 0 Å². The molecule has 2 amide bonds. The molecule has 4 N–H and O–H groups in total. The molecular weight excluding hydrogens is 608 g/mol. The van der Waals surface area contributed by atoms with E-state index in [0.29, 0.717) is 34.6 Å². The number of rotatable bonds is 10. The zero-order valence-electron chi connectivity index (χ0n) is 27.1. The highest BCUT2D eigenvalue weighted by Gasteiger charge is 2.22. The Kier molecular flexibility index (Phi) is 9.17. The molecule has 0 saturated carbocycles. The van der Waals surface area contributed by atoms with Gasteiger partial charge in [-0.15, -0.1) is 0 Å². The van der Waals surface area contributed by atoms with Crippen molar-refractivity contribution in [2.45, 2.75) is 39.4 Å². The molecule has 3 aromatic heterocycles. The lowest BCUT2D eigenvalue weighted by Gasteiger charge is -2.15. The molecule has 6 rings (SSSR count). The molecule has 6 aromatic rings. The minimum Gasteiger partial charge on any atom is -0.497 e. The standard InChI is InChI=1S/C36H36N8O4/c1-36(2,3)31-18-34(44(43-31)25-9-11-26(47-4)12-10-25)42-35(46)40-29-13-14-30(28-8-6-5-7-27(28)29)48-22-23-15-16-37-32(17-23)41-33-20-38-24(21-45)19-39-33/h5-20,45H,21-22H2,1-4H3,(H,37,39,41)(H2,40,42,46). The first-order valence-corrected chi connectivity index (χ1v) is 15.3. The second kappa shape index (κ2) is 13.8. The van der Waals surface area contributed by atoms with Crippen LogP contribution in [0.3, 0.4) is 0 Å². The van der Waals surface area contributed by atoms with E-state index in [1.54, 1.807) is 18.0 Å². The average molecular weight is 645 g/mol. The first kappa shape index (κ1) is 32.0. The summed E-state index contributed by atoms with van der Waals surface area (Å²) in [7, 11) is 1.62. The Hall–Kier alpha value is -6.01. The number of carbonyl (C=O) groups excluding carboxylic acids is 1. The molecule has 0 bridgehead atoms. The summed E-state index contributed by atoms with van der Waals surface area (Å²) in [6, 6.07) is 24.1. The molecule has 48 heavy (non-hydrogen) atoms. The fraction of sp³-hybridized carbons (Fsp3) is 0.194. The lowest BCUT2D eigenvalue weighted by Crippen LogP contribution is -2.21. The fourth-order valence-corrected chi connectivity index (χ4v) is 4.96. The monoisotopic (exact) mass is 644 g/mol. The Morgan fingerprint density at radius 1 is 0.875 bits per heavy atom. The average Bonchev–Trinajstić information content (AvgIpc) is 3.53. The van der Waals surface area contributed by atoms with Crippen LogP contribution in [-0.2, 0) is 18.6 Å². The van der Waals surface area contributed by atoms with Gasteiger partial charge in [0, 0.05) is 28.5 Å². The number of aromatic nitrogens is 5. The highest BCUT2D eigenvalue weighted by atomic mass is 16.5. The summed E-state index contributed by atoms with van der Waals surface area (Å²) in [6.45, 7) is 6.34. The Morgan fingerprint density at radius 3 is 2.38 bits per heavy atom. The predicted molar refractivity (Wildman–Crippen MR) is 185 cm³/mol. The maximum atomic E-state index is 13.4. The highest BCUT2D eigenvalue weighted by molar-refractivity contribution is 6.07. The number of hydrogen-bond donors (Lipinski definition) is 4. The number of urea groups is 1. The zero-order valence-corrected chi connectivity index (χ0v) is 27.1. The Balaban J connectivity index is 1.17. The van der Waals surface area contributed by atoms with Gasteiger partial charge >= 0.3 is 6.03 Å². The maximum absolute atomic E-state index is 13.4. The molecule has 0 saturated heterocycles. The zero-order chi connectivity index (χ0) is 33.7. The van der Waals surface area contributed by atoms with E-state index >= 15 is 0 Å². The molecule has 244 valence electrons. The van der Waals surface area contributed by atoms with Gasteiger partial charge in [0.15, 0.2) is 0 Å². The van der Waals surface area contributed by atoms with Gasteiger partial charge in [0.1, 0.15) is 35.6 Å². The first-order chi connectivity index (χ1) is 23.2. The van der Waals surface area contributed by atoms with Crippen LogP contribution in [0.1, 0.15) is 37.7 Å². The molecule has 3 aromatic carbocycles. The summed E-state index contributed by atoms with van der Waals surface area (Å²) in [6.07, 6.45) is 4.73. The highest BCUT2D eigenvalue weighted by Crippen LogP contribution is 2.33. The van der Waals surface area contributed by atoms with Crippen molar-refractivity contribution in [3.05, 3.63) is 114 Å². The van der Waals surface area contributed by atoms with Crippen molar-refractivity contribution in [3.8, 4) is 17.2 Å². The van der Waals surface area contributed by atoms with Crippen LogP contribution >= 0.6 is 0 Å². The van der Waals surface area contributed by atoms with Crippen molar-refractivity contribution in [3.63, 3.8) is 0 Å². The number of aliphatic hydroxyl groups excluding tert-OH is 1. The molecule has 12 nitrogen and oxygen atoms in total. The first-order valence-electron chi connectivity index (χ1n) is 15.3. The van der Waals surface area contributed by atoms with Gasteiger partial charge < -0.3 is 25.2 Å². The minimum atomic E-state index is -0.406. The molecule has 0 atom stereocenters. The summed E-state index contributed by atoms with van der Waals surface area (Å²) >= 11 is 0. The van der Waals surface area contributed by atoms with Crippen LogP contribution in [-0.4, -0.2) is 43.0 Å². The van der Waals surface area contributed by atoms with Crippen LogP contribution in [0.15, 0.2) is 97.5 Å². The van der Waals surface area contributed by atoms with Gasteiger partial charge in [-0.25, -0.2) is 19.4 Å². The number of anilines is 4.